The van der Waals surface area contributed by atoms with E-state index in [2.05, 4.69) is 22.4 Å². The molecule has 0 spiro atoms. The van der Waals surface area contributed by atoms with E-state index in [0.29, 0.717) is 23.0 Å². The van der Waals surface area contributed by atoms with Gasteiger partial charge in [-0.05, 0) is 41.6 Å². The molecular formula is C19H17N3O4S. The molecule has 2 aromatic carbocycles. The second kappa shape index (κ2) is 7.71. The van der Waals surface area contributed by atoms with Gasteiger partial charge in [0.1, 0.15) is 0 Å². The van der Waals surface area contributed by atoms with Gasteiger partial charge in [0, 0.05) is 10.5 Å². The van der Waals surface area contributed by atoms with Gasteiger partial charge in [-0.15, -0.1) is 16.9 Å². The third-order valence-electron chi connectivity index (χ3n) is 3.89. The summed E-state index contributed by atoms with van der Waals surface area (Å²) < 4.78 is 16.2. The van der Waals surface area contributed by atoms with Crippen LogP contribution >= 0.6 is 11.8 Å². The first-order valence-electron chi connectivity index (χ1n) is 8.46. The Hall–Kier alpha value is -3.00. The number of benzene rings is 2. The molecule has 0 saturated carbocycles. The Kier molecular flexibility index (Phi) is 4.97. The molecule has 4 rings (SSSR count). The van der Waals surface area contributed by atoms with E-state index >= 15 is 0 Å². The van der Waals surface area contributed by atoms with Crippen LogP contribution in [0.15, 0.2) is 51.8 Å². The lowest BCUT2D eigenvalue weighted by atomic mass is 10.1. The molecule has 2 heterocycles. The van der Waals surface area contributed by atoms with Crippen molar-refractivity contribution >= 4 is 23.7 Å². The zero-order chi connectivity index (χ0) is 18.6. The Bertz CT molecular complexity index is 956. The largest absolute Gasteiger partial charge is 0.454 e. The number of ether oxygens (including phenoxy) is 2. The molecule has 1 aromatic heterocycles. The average molecular weight is 383 g/mol. The maximum absolute atomic E-state index is 12.2. The van der Waals surface area contributed by atoms with Crippen LogP contribution in [-0.4, -0.2) is 28.7 Å². The highest BCUT2D eigenvalue weighted by Crippen LogP contribution is 2.35. The molecule has 7 nitrogen and oxygen atoms in total. The summed E-state index contributed by atoms with van der Waals surface area (Å²) in [4.78, 5) is 13.4. The summed E-state index contributed by atoms with van der Waals surface area (Å²) in [6, 6.07) is 13.3. The van der Waals surface area contributed by atoms with E-state index in [-0.39, 0.29) is 25.1 Å². The Labute approximate surface area is 160 Å². The van der Waals surface area contributed by atoms with Gasteiger partial charge < -0.3 is 13.9 Å². The molecule has 1 amide bonds. The summed E-state index contributed by atoms with van der Waals surface area (Å²) in [5, 5.41) is 10.5. The monoisotopic (exact) mass is 383 g/mol. The molecule has 3 aromatic rings. The quantitative estimate of drug-likeness (QED) is 0.649. The van der Waals surface area contributed by atoms with Crippen molar-refractivity contribution in [3.63, 3.8) is 0 Å². The number of anilines is 1. The lowest BCUT2D eigenvalue weighted by molar-refractivity contribution is -0.115. The summed E-state index contributed by atoms with van der Waals surface area (Å²) in [7, 11) is 0. The van der Waals surface area contributed by atoms with Gasteiger partial charge in [0.25, 0.3) is 0 Å². The van der Waals surface area contributed by atoms with Crippen LogP contribution in [0.1, 0.15) is 12.5 Å². The number of nitrogens with one attached hydrogen (secondary N) is 1. The molecule has 1 aliphatic heterocycles. The van der Waals surface area contributed by atoms with Gasteiger partial charge in [-0.25, -0.2) is 0 Å². The maximum atomic E-state index is 12.2. The van der Waals surface area contributed by atoms with Gasteiger partial charge in [-0.2, -0.15) is 0 Å². The number of aromatic nitrogens is 2. The van der Waals surface area contributed by atoms with Crippen molar-refractivity contribution in [3.05, 3.63) is 48.0 Å². The van der Waals surface area contributed by atoms with Crippen LogP contribution in [0.4, 0.5) is 6.01 Å². The Morgan fingerprint density at radius 3 is 2.74 bits per heavy atom. The van der Waals surface area contributed by atoms with Gasteiger partial charge in [0.15, 0.2) is 11.5 Å². The minimum atomic E-state index is -0.216. The van der Waals surface area contributed by atoms with Crippen molar-refractivity contribution in [2.45, 2.75) is 18.2 Å². The highest BCUT2D eigenvalue weighted by Gasteiger charge is 2.17. The first-order chi connectivity index (χ1) is 13.2. The molecule has 0 radical (unpaired) electrons. The number of carbonyl (C=O) groups excluding carboxylic acids is 1. The number of nitrogens with zero attached hydrogens (tertiary/aromatic N) is 2. The van der Waals surface area contributed by atoms with Crippen LogP contribution in [0.3, 0.4) is 0 Å². The highest BCUT2D eigenvalue weighted by molar-refractivity contribution is 7.99. The number of rotatable bonds is 6. The van der Waals surface area contributed by atoms with Gasteiger partial charge >= 0.3 is 6.01 Å². The van der Waals surface area contributed by atoms with Crippen LogP contribution in [0.25, 0.3) is 11.5 Å². The summed E-state index contributed by atoms with van der Waals surface area (Å²) in [6.45, 7) is 2.30. The minimum Gasteiger partial charge on any atom is -0.454 e. The predicted octanol–water partition coefficient (Wildman–Crippen LogP) is 3.76. The van der Waals surface area contributed by atoms with Crippen LogP contribution < -0.4 is 14.8 Å². The fourth-order valence-electron chi connectivity index (χ4n) is 2.64. The lowest BCUT2D eigenvalue weighted by Crippen LogP contribution is -2.14. The molecule has 0 saturated heterocycles. The number of carbonyl (C=O) groups is 1. The van der Waals surface area contributed by atoms with E-state index in [1.54, 1.807) is 30.0 Å². The average Bonchev–Trinajstić information content (AvgIpc) is 3.32. The zero-order valence-corrected chi connectivity index (χ0v) is 15.4. The Balaban J connectivity index is 1.39. The topological polar surface area (TPSA) is 86.5 Å². The van der Waals surface area contributed by atoms with Crippen LogP contribution in [0, 0.1) is 0 Å². The minimum absolute atomic E-state index is 0.0609. The Morgan fingerprint density at radius 2 is 1.93 bits per heavy atom. The van der Waals surface area contributed by atoms with E-state index in [9.17, 15) is 4.79 Å². The Morgan fingerprint density at radius 1 is 1.11 bits per heavy atom. The smallest absolute Gasteiger partial charge is 0.322 e. The van der Waals surface area contributed by atoms with Crippen molar-refractivity contribution in [2.24, 2.45) is 0 Å². The van der Waals surface area contributed by atoms with Crippen molar-refractivity contribution in [1.82, 2.24) is 10.2 Å². The molecule has 1 aliphatic rings. The SMILES string of the molecule is CCSc1ccc(CC(=O)Nc2nnc(-c3ccc4c(c3)OCO4)o2)cc1. The van der Waals surface area contributed by atoms with Crippen LogP contribution in [0.2, 0.25) is 0 Å². The third-order valence-corrected chi connectivity index (χ3v) is 4.78. The van der Waals surface area contributed by atoms with Crippen LogP contribution in [0.5, 0.6) is 11.5 Å². The number of hydrogen-bond donors (Lipinski definition) is 1. The number of fused-ring (bicyclic) bond motifs is 1. The normalized spacial score (nSPS) is 12.2. The molecule has 8 heteroatoms. The lowest BCUT2D eigenvalue weighted by Gasteiger charge is -2.03. The van der Waals surface area contributed by atoms with E-state index < -0.39 is 0 Å². The molecule has 0 fully saturated rings. The van der Waals surface area contributed by atoms with Gasteiger partial charge in [-0.3, -0.25) is 10.1 Å². The number of thioether (sulfide) groups is 1. The van der Waals surface area contributed by atoms with E-state index in [4.69, 9.17) is 13.9 Å². The van der Waals surface area contributed by atoms with E-state index in [0.717, 1.165) is 11.3 Å². The molecular weight excluding hydrogens is 366 g/mol. The number of hydrogen-bond acceptors (Lipinski definition) is 7. The van der Waals surface area contributed by atoms with Crippen molar-refractivity contribution in [1.29, 1.82) is 0 Å². The molecule has 27 heavy (non-hydrogen) atoms. The molecule has 0 bridgehead atoms. The summed E-state index contributed by atoms with van der Waals surface area (Å²) >= 11 is 1.76. The van der Waals surface area contributed by atoms with Crippen molar-refractivity contribution in [2.75, 3.05) is 17.9 Å². The fourth-order valence-corrected chi connectivity index (χ4v) is 3.30. The zero-order valence-electron chi connectivity index (χ0n) is 14.6. The third kappa shape index (κ3) is 4.06. The van der Waals surface area contributed by atoms with Gasteiger partial charge in [0.05, 0.1) is 6.42 Å². The second-order valence-electron chi connectivity index (χ2n) is 5.78. The first-order valence-corrected chi connectivity index (χ1v) is 9.45. The first kappa shape index (κ1) is 17.4. The highest BCUT2D eigenvalue weighted by atomic mass is 32.2. The molecule has 1 N–H and O–H groups in total. The molecule has 0 atom stereocenters. The molecule has 0 aliphatic carbocycles. The van der Waals surface area contributed by atoms with Gasteiger partial charge in [0.2, 0.25) is 18.6 Å². The van der Waals surface area contributed by atoms with E-state index in [1.165, 1.54) is 4.90 Å². The molecule has 0 unspecified atom stereocenters. The standard InChI is InChI=1S/C19H17N3O4S/c1-2-27-14-6-3-12(4-7-14)9-17(23)20-19-22-21-18(26-19)13-5-8-15-16(10-13)25-11-24-15/h3-8,10H,2,9,11H2,1H3,(H,20,22,23). The summed E-state index contributed by atoms with van der Waals surface area (Å²) in [5.74, 6) is 2.40. The molecule has 138 valence electrons. The van der Waals surface area contributed by atoms with Gasteiger partial charge in [-0.1, -0.05) is 24.2 Å². The summed E-state index contributed by atoms with van der Waals surface area (Å²) in [6.07, 6.45) is 0.235. The second-order valence-corrected chi connectivity index (χ2v) is 7.12. The van der Waals surface area contributed by atoms with Crippen molar-refractivity contribution in [3.8, 4) is 23.0 Å². The maximum Gasteiger partial charge on any atom is 0.322 e. The number of amides is 1. The van der Waals surface area contributed by atoms with Crippen molar-refractivity contribution < 1.29 is 18.7 Å². The fraction of sp³-hybridized carbons (Fsp3) is 0.211. The van der Waals surface area contributed by atoms with Crippen LogP contribution in [-0.2, 0) is 11.2 Å². The van der Waals surface area contributed by atoms with E-state index in [1.807, 2.05) is 24.3 Å². The summed E-state index contributed by atoms with van der Waals surface area (Å²) in [5.41, 5.74) is 1.61. The predicted molar refractivity (Wildman–Crippen MR) is 101 cm³/mol.